The van der Waals surface area contributed by atoms with Crippen molar-refractivity contribution in [2.75, 3.05) is 0 Å². The predicted molar refractivity (Wildman–Crippen MR) is 93.0 cm³/mol. The molecular formula is C20H26KN. The van der Waals surface area contributed by atoms with Crippen molar-refractivity contribution in [3.8, 4) is 0 Å². The Hall–Kier alpha value is -0.124. The van der Waals surface area contributed by atoms with Crippen LogP contribution in [-0.4, -0.2) is 0 Å². The van der Waals surface area contributed by atoms with Gasteiger partial charge in [0.25, 0.3) is 0 Å². The fourth-order valence-corrected chi connectivity index (χ4v) is 2.22. The zero-order valence-electron chi connectivity index (χ0n) is 15.1. The molecule has 0 aliphatic rings. The second-order valence-corrected chi connectivity index (χ2v) is 7.71. The van der Waals surface area contributed by atoms with Crippen molar-refractivity contribution in [1.29, 1.82) is 0 Å². The van der Waals surface area contributed by atoms with Crippen molar-refractivity contribution in [3.63, 3.8) is 0 Å². The minimum absolute atomic E-state index is 0. The molecule has 0 atom stereocenters. The molecule has 0 fully saturated rings. The molecule has 0 aliphatic heterocycles. The molecule has 0 aromatic heterocycles. The van der Waals surface area contributed by atoms with E-state index in [0.717, 1.165) is 11.4 Å². The average Bonchev–Trinajstić information content (AvgIpc) is 2.38. The standard InChI is InChI=1S/C20H26N.K/c1-19(2,3)15-7-11-17(12-8-15)21-18-13-9-16(10-14-18)20(4,5)6;/h7-14H,1-6H3;/q-1;+1. The van der Waals surface area contributed by atoms with Gasteiger partial charge in [-0.05, 0) is 22.0 Å². The zero-order chi connectivity index (χ0) is 15.7. The fraction of sp³-hybridized carbons (Fsp3) is 0.400. The van der Waals surface area contributed by atoms with E-state index in [1.54, 1.807) is 0 Å². The van der Waals surface area contributed by atoms with Gasteiger partial charge in [-0.1, -0.05) is 90.1 Å². The summed E-state index contributed by atoms with van der Waals surface area (Å²) in [4.78, 5) is 0. The SMILES string of the molecule is CC(C)(C)c1ccc([N-]c2ccc(C(C)(C)C)cc2)cc1.[K+]. The van der Waals surface area contributed by atoms with Crippen molar-refractivity contribution in [2.45, 2.75) is 52.4 Å². The zero-order valence-corrected chi connectivity index (χ0v) is 18.2. The molecule has 2 aromatic carbocycles. The minimum atomic E-state index is 0. The maximum atomic E-state index is 4.69. The molecule has 112 valence electrons. The Morgan fingerprint density at radius 1 is 0.545 bits per heavy atom. The van der Waals surface area contributed by atoms with E-state index in [1.165, 1.54) is 11.1 Å². The summed E-state index contributed by atoms with van der Waals surface area (Å²) in [5, 5.41) is 4.69. The first-order chi connectivity index (χ1) is 9.66. The van der Waals surface area contributed by atoms with Gasteiger partial charge in [0.15, 0.2) is 0 Å². The van der Waals surface area contributed by atoms with Crippen LogP contribution in [0.15, 0.2) is 48.5 Å². The van der Waals surface area contributed by atoms with Gasteiger partial charge in [-0.2, -0.15) is 0 Å². The average molecular weight is 320 g/mol. The summed E-state index contributed by atoms with van der Waals surface area (Å²) in [6, 6.07) is 17.1. The van der Waals surface area contributed by atoms with Crippen molar-refractivity contribution in [3.05, 3.63) is 65.0 Å². The third-order valence-corrected chi connectivity index (χ3v) is 3.72. The molecule has 0 aliphatic carbocycles. The van der Waals surface area contributed by atoms with E-state index in [-0.39, 0.29) is 62.2 Å². The van der Waals surface area contributed by atoms with Crippen LogP contribution in [0.4, 0.5) is 11.4 Å². The summed E-state index contributed by atoms with van der Waals surface area (Å²) in [7, 11) is 0. The Balaban J connectivity index is 0.00000242. The van der Waals surface area contributed by atoms with Gasteiger partial charge in [0.2, 0.25) is 0 Å². The first kappa shape index (κ1) is 19.9. The number of benzene rings is 2. The van der Waals surface area contributed by atoms with Gasteiger partial charge < -0.3 is 5.32 Å². The first-order valence-electron chi connectivity index (χ1n) is 7.59. The summed E-state index contributed by atoms with van der Waals surface area (Å²) in [5.41, 5.74) is 5.06. The van der Waals surface area contributed by atoms with E-state index in [1.807, 2.05) is 0 Å². The maximum Gasteiger partial charge on any atom is 1.00 e. The second-order valence-electron chi connectivity index (χ2n) is 7.71. The normalized spacial score (nSPS) is 11.7. The molecule has 1 nitrogen and oxygen atoms in total. The molecule has 2 heteroatoms. The molecule has 0 amide bonds. The van der Waals surface area contributed by atoms with Gasteiger partial charge in [0, 0.05) is 0 Å². The number of hydrogen-bond acceptors (Lipinski definition) is 0. The van der Waals surface area contributed by atoms with E-state index in [9.17, 15) is 0 Å². The molecule has 0 radical (unpaired) electrons. The van der Waals surface area contributed by atoms with Crippen molar-refractivity contribution >= 4 is 11.4 Å². The van der Waals surface area contributed by atoms with Crippen LogP contribution in [0.1, 0.15) is 52.7 Å². The van der Waals surface area contributed by atoms with Gasteiger partial charge in [-0.3, -0.25) is 0 Å². The van der Waals surface area contributed by atoms with Crippen LogP contribution in [0.3, 0.4) is 0 Å². The monoisotopic (exact) mass is 319 g/mol. The van der Waals surface area contributed by atoms with Crippen LogP contribution in [0.25, 0.3) is 5.32 Å². The number of rotatable bonds is 2. The molecule has 0 unspecified atom stereocenters. The van der Waals surface area contributed by atoms with Crippen LogP contribution in [0, 0.1) is 0 Å². The summed E-state index contributed by atoms with van der Waals surface area (Å²) in [6.07, 6.45) is 0. The van der Waals surface area contributed by atoms with E-state index in [4.69, 9.17) is 0 Å². The van der Waals surface area contributed by atoms with Crippen LogP contribution in [0.5, 0.6) is 0 Å². The third kappa shape index (κ3) is 5.50. The molecule has 0 saturated heterocycles. The molecule has 2 aromatic rings. The van der Waals surface area contributed by atoms with Crippen molar-refractivity contribution in [2.24, 2.45) is 0 Å². The van der Waals surface area contributed by atoms with Gasteiger partial charge >= 0.3 is 51.4 Å². The smallest absolute Gasteiger partial charge is 0.658 e. The second kappa shape index (κ2) is 7.63. The van der Waals surface area contributed by atoms with Gasteiger partial charge in [-0.15, -0.1) is 11.4 Å². The van der Waals surface area contributed by atoms with Crippen LogP contribution >= 0.6 is 0 Å². The summed E-state index contributed by atoms with van der Waals surface area (Å²) < 4.78 is 0. The Morgan fingerprint density at radius 2 is 0.818 bits per heavy atom. The summed E-state index contributed by atoms with van der Waals surface area (Å²) in [6.45, 7) is 13.4. The van der Waals surface area contributed by atoms with Gasteiger partial charge in [-0.25, -0.2) is 0 Å². The van der Waals surface area contributed by atoms with Gasteiger partial charge in [0.1, 0.15) is 0 Å². The largest absolute Gasteiger partial charge is 1.00 e. The molecule has 22 heavy (non-hydrogen) atoms. The molecule has 0 N–H and O–H groups in total. The molecular weight excluding hydrogens is 293 g/mol. The summed E-state index contributed by atoms with van der Waals surface area (Å²) in [5.74, 6) is 0. The van der Waals surface area contributed by atoms with Crippen molar-refractivity contribution < 1.29 is 51.4 Å². The van der Waals surface area contributed by atoms with Crippen LogP contribution < -0.4 is 51.4 Å². The van der Waals surface area contributed by atoms with E-state index in [0.29, 0.717) is 0 Å². The number of nitrogens with zero attached hydrogens (tertiary/aromatic N) is 1. The summed E-state index contributed by atoms with van der Waals surface area (Å²) >= 11 is 0. The van der Waals surface area contributed by atoms with Crippen LogP contribution in [0.2, 0.25) is 0 Å². The Labute approximate surface area is 178 Å². The fourth-order valence-electron chi connectivity index (χ4n) is 2.22. The van der Waals surface area contributed by atoms with Gasteiger partial charge in [0.05, 0.1) is 0 Å². The molecule has 2 rings (SSSR count). The third-order valence-electron chi connectivity index (χ3n) is 3.72. The Morgan fingerprint density at radius 3 is 1.05 bits per heavy atom. The Kier molecular flexibility index (Phi) is 6.91. The van der Waals surface area contributed by atoms with Crippen molar-refractivity contribution in [1.82, 2.24) is 0 Å². The predicted octanol–water partition coefficient (Wildman–Crippen LogP) is 3.62. The molecule has 0 heterocycles. The van der Waals surface area contributed by atoms with E-state index in [2.05, 4.69) is 95.4 Å². The maximum absolute atomic E-state index is 4.69. The molecule has 0 bridgehead atoms. The Bertz CT molecular complexity index is 528. The minimum Gasteiger partial charge on any atom is -0.658 e. The molecule has 0 saturated carbocycles. The van der Waals surface area contributed by atoms with E-state index < -0.39 is 0 Å². The first-order valence-corrected chi connectivity index (χ1v) is 7.59. The van der Waals surface area contributed by atoms with E-state index >= 15 is 0 Å². The van der Waals surface area contributed by atoms with Crippen LogP contribution in [-0.2, 0) is 10.8 Å². The topological polar surface area (TPSA) is 14.1 Å². The molecule has 0 spiro atoms. The quantitative estimate of drug-likeness (QED) is 0.751. The number of hydrogen-bond donors (Lipinski definition) is 0.